The molecule has 0 bridgehead atoms. The van der Waals surface area contributed by atoms with Gasteiger partial charge in [0.25, 0.3) is 0 Å². The Balaban J connectivity index is 2.77. The van der Waals surface area contributed by atoms with Gasteiger partial charge in [-0.25, -0.2) is 0 Å². The first-order chi connectivity index (χ1) is 10.5. The Labute approximate surface area is 135 Å². The first-order valence-corrected chi connectivity index (χ1v) is 7.25. The summed E-state index contributed by atoms with van der Waals surface area (Å²) in [5.41, 5.74) is 8.62. The van der Waals surface area contributed by atoms with Crippen LogP contribution in [-0.2, 0) is 0 Å². The maximum Gasteiger partial charge on any atom is 0.168 e. The number of methoxy groups -OCH3 is 3. The summed E-state index contributed by atoms with van der Waals surface area (Å²) in [6.07, 6.45) is 0. The quantitative estimate of drug-likeness (QED) is 0.902. The molecule has 4 nitrogen and oxygen atoms in total. The van der Waals surface area contributed by atoms with Crippen molar-refractivity contribution in [1.82, 2.24) is 0 Å². The van der Waals surface area contributed by atoms with Gasteiger partial charge in [0, 0.05) is 22.2 Å². The van der Waals surface area contributed by atoms with Crippen LogP contribution in [0.2, 0.25) is 5.02 Å². The number of nitrogens with two attached hydrogens (primary N) is 1. The molecule has 0 radical (unpaired) electrons. The van der Waals surface area contributed by atoms with E-state index in [1.54, 1.807) is 27.4 Å². The van der Waals surface area contributed by atoms with Crippen LogP contribution < -0.4 is 19.9 Å². The normalized spacial score (nSPS) is 11.9. The van der Waals surface area contributed by atoms with E-state index in [2.05, 4.69) is 0 Å². The minimum absolute atomic E-state index is 0.135. The number of ether oxygens (including phenoxy) is 3. The first kappa shape index (κ1) is 16.5. The molecule has 118 valence electrons. The molecule has 0 amide bonds. The molecule has 22 heavy (non-hydrogen) atoms. The van der Waals surface area contributed by atoms with E-state index in [0.29, 0.717) is 22.3 Å². The molecule has 0 heterocycles. The summed E-state index contributed by atoms with van der Waals surface area (Å²) in [5, 5.41) is 0.614. The molecule has 0 saturated heterocycles. The fourth-order valence-corrected chi connectivity index (χ4v) is 2.51. The highest BCUT2D eigenvalue weighted by Crippen LogP contribution is 2.44. The Hall–Kier alpha value is -1.91. The molecule has 2 rings (SSSR count). The second-order valence-corrected chi connectivity index (χ2v) is 5.37. The number of rotatable bonds is 5. The van der Waals surface area contributed by atoms with Gasteiger partial charge in [0.2, 0.25) is 0 Å². The van der Waals surface area contributed by atoms with Gasteiger partial charge in [-0.1, -0.05) is 11.6 Å². The number of benzene rings is 2. The summed E-state index contributed by atoms with van der Waals surface area (Å²) < 4.78 is 16.4. The largest absolute Gasteiger partial charge is 0.496 e. The van der Waals surface area contributed by atoms with Crippen molar-refractivity contribution in [1.29, 1.82) is 0 Å². The van der Waals surface area contributed by atoms with Crippen molar-refractivity contribution in [2.75, 3.05) is 21.3 Å². The summed E-state index contributed by atoms with van der Waals surface area (Å²) in [6.45, 7) is 1.92. The maximum atomic E-state index is 6.14. The molecular formula is C17H20ClNO3. The number of hydrogen-bond donors (Lipinski definition) is 1. The highest BCUT2D eigenvalue weighted by atomic mass is 35.5. The number of hydrogen-bond acceptors (Lipinski definition) is 4. The minimum atomic E-state index is -0.135. The summed E-state index contributed by atoms with van der Waals surface area (Å²) in [5.74, 6) is 1.94. The molecule has 1 atom stereocenters. The zero-order valence-corrected chi connectivity index (χ0v) is 13.9. The SMILES string of the molecule is COc1ccc(Cl)cc1-c1cc(C(C)N)cc(OC)c1OC. The molecule has 0 aliphatic rings. The van der Waals surface area contributed by atoms with Crippen molar-refractivity contribution >= 4 is 11.6 Å². The summed E-state index contributed by atoms with van der Waals surface area (Å²) in [4.78, 5) is 0. The van der Waals surface area contributed by atoms with E-state index in [1.807, 2.05) is 31.2 Å². The van der Waals surface area contributed by atoms with Gasteiger partial charge in [0.05, 0.1) is 21.3 Å². The van der Waals surface area contributed by atoms with Gasteiger partial charge in [-0.2, -0.15) is 0 Å². The van der Waals surface area contributed by atoms with Gasteiger partial charge in [-0.05, 0) is 42.8 Å². The van der Waals surface area contributed by atoms with E-state index in [4.69, 9.17) is 31.5 Å². The molecule has 2 aromatic rings. The summed E-state index contributed by atoms with van der Waals surface area (Å²) in [6, 6.07) is 9.15. The van der Waals surface area contributed by atoms with Gasteiger partial charge >= 0.3 is 0 Å². The summed E-state index contributed by atoms with van der Waals surface area (Å²) >= 11 is 6.14. The molecule has 0 aliphatic heterocycles. The van der Waals surface area contributed by atoms with Crippen LogP contribution in [0.4, 0.5) is 0 Å². The molecule has 0 fully saturated rings. The van der Waals surface area contributed by atoms with Crippen molar-refractivity contribution < 1.29 is 14.2 Å². The lowest BCUT2D eigenvalue weighted by atomic mass is 9.97. The smallest absolute Gasteiger partial charge is 0.168 e. The van der Waals surface area contributed by atoms with E-state index < -0.39 is 0 Å². The van der Waals surface area contributed by atoms with E-state index >= 15 is 0 Å². The second kappa shape index (κ2) is 6.90. The minimum Gasteiger partial charge on any atom is -0.496 e. The molecule has 0 spiro atoms. The predicted octanol–water partition coefficient (Wildman–Crippen LogP) is 4.05. The summed E-state index contributed by atoms with van der Waals surface area (Å²) in [7, 11) is 4.82. The standard InChI is InChI=1S/C17H20ClNO3/c1-10(19)11-7-14(17(22-4)16(8-11)21-3)13-9-12(18)5-6-15(13)20-2/h5-10H,19H2,1-4H3. The third-order valence-corrected chi connectivity index (χ3v) is 3.71. The predicted molar refractivity (Wildman–Crippen MR) is 89.1 cm³/mol. The third kappa shape index (κ3) is 3.13. The van der Waals surface area contributed by atoms with Crippen LogP contribution in [0, 0.1) is 0 Å². The third-order valence-electron chi connectivity index (χ3n) is 3.48. The maximum absolute atomic E-state index is 6.14. The fraction of sp³-hybridized carbons (Fsp3) is 0.294. The lowest BCUT2D eigenvalue weighted by Crippen LogP contribution is -2.06. The van der Waals surface area contributed by atoms with Crippen LogP contribution in [-0.4, -0.2) is 21.3 Å². The van der Waals surface area contributed by atoms with E-state index in [-0.39, 0.29) is 6.04 Å². The van der Waals surface area contributed by atoms with Gasteiger partial charge in [0.15, 0.2) is 11.5 Å². The van der Waals surface area contributed by atoms with Crippen LogP contribution in [0.3, 0.4) is 0 Å². The highest BCUT2D eigenvalue weighted by molar-refractivity contribution is 6.31. The zero-order chi connectivity index (χ0) is 16.3. The van der Waals surface area contributed by atoms with Crippen molar-refractivity contribution in [2.24, 2.45) is 5.73 Å². The topological polar surface area (TPSA) is 53.7 Å². The Morgan fingerprint density at radius 1 is 0.909 bits per heavy atom. The monoisotopic (exact) mass is 321 g/mol. The van der Waals surface area contributed by atoms with Crippen LogP contribution in [0.25, 0.3) is 11.1 Å². The van der Waals surface area contributed by atoms with Gasteiger partial charge in [-0.3, -0.25) is 0 Å². The van der Waals surface area contributed by atoms with E-state index in [9.17, 15) is 0 Å². The molecule has 0 saturated carbocycles. The van der Waals surface area contributed by atoms with Crippen LogP contribution in [0.15, 0.2) is 30.3 Å². The molecule has 2 aromatic carbocycles. The average Bonchev–Trinajstić information content (AvgIpc) is 2.53. The average molecular weight is 322 g/mol. The van der Waals surface area contributed by atoms with Crippen LogP contribution >= 0.6 is 11.6 Å². The second-order valence-electron chi connectivity index (χ2n) is 4.94. The Morgan fingerprint density at radius 3 is 2.14 bits per heavy atom. The molecule has 0 aromatic heterocycles. The van der Waals surface area contributed by atoms with Crippen LogP contribution in [0.1, 0.15) is 18.5 Å². The fourth-order valence-electron chi connectivity index (χ4n) is 2.34. The molecule has 0 aliphatic carbocycles. The van der Waals surface area contributed by atoms with Crippen molar-refractivity contribution in [3.05, 3.63) is 40.9 Å². The molecule has 1 unspecified atom stereocenters. The first-order valence-electron chi connectivity index (χ1n) is 6.87. The lowest BCUT2D eigenvalue weighted by molar-refractivity contribution is 0.355. The van der Waals surface area contributed by atoms with Gasteiger partial charge in [0.1, 0.15) is 5.75 Å². The van der Waals surface area contributed by atoms with E-state index in [0.717, 1.165) is 16.7 Å². The molecule has 2 N–H and O–H groups in total. The Bertz CT molecular complexity index is 671. The van der Waals surface area contributed by atoms with Gasteiger partial charge < -0.3 is 19.9 Å². The number of halogens is 1. The van der Waals surface area contributed by atoms with Gasteiger partial charge in [-0.15, -0.1) is 0 Å². The lowest BCUT2D eigenvalue weighted by Gasteiger charge is -2.18. The Kier molecular flexibility index (Phi) is 5.16. The van der Waals surface area contributed by atoms with Crippen molar-refractivity contribution in [2.45, 2.75) is 13.0 Å². The van der Waals surface area contributed by atoms with Crippen molar-refractivity contribution in [3.8, 4) is 28.4 Å². The Morgan fingerprint density at radius 2 is 1.59 bits per heavy atom. The van der Waals surface area contributed by atoms with Crippen molar-refractivity contribution in [3.63, 3.8) is 0 Å². The zero-order valence-electron chi connectivity index (χ0n) is 13.1. The van der Waals surface area contributed by atoms with E-state index in [1.165, 1.54) is 0 Å². The van der Waals surface area contributed by atoms with Crippen LogP contribution in [0.5, 0.6) is 17.2 Å². The molecule has 5 heteroatoms. The highest BCUT2D eigenvalue weighted by Gasteiger charge is 2.18. The molecular weight excluding hydrogens is 302 g/mol.